The summed E-state index contributed by atoms with van der Waals surface area (Å²) >= 11 is 0. The maximum atomic E-state index is 13.3. The summed E-state index contributed by atoms with van der Waals surface area (Å²) in [5, 5.41) is 10.8. The third-order valence-electron chi connectivity index (χ3n) is 11.8. The van der Waals surface area contributed by atoms with E-state index in [9.17, 15) is 14.7 Å². The predicted octanol–water partition coefficient (Wildman–Crippen LogP) is 4.77. The molecule has 0 aromatic carbocycles. The van der Waals surface area contributed by atoms with Gasteiger partial charge in [0.1, 0.15) is 17.8 Å². The van der Waals surface area contributed by atoms with Crippen LogP contribution >= 0.6 is 0 Å². The maximum absolute atomic E-state index is 13.3. The smallest absolute Gasteiger partial charge is 0.334 e. The molecule has 0 amide bonds. The number of hydrogen-bond donors (Lipinski definition) is 1. The van der Waals surface area contributed by atoms with Gasteiger partial charge in [0.05, 0.1) is 11.5 Å². The van der Waals surface area contributed by atoms with Crippen molar-refractivity contribution in [2.75, 3.05) is 0 Å². The number of aliphatic hydroxyl groups excluding tert-OH is 1. The second kappa shape index (κ2) is 7.29. The zero-order valence-corrected chi connectivity index (χ0v) is 21.3. The van der Waals surface area contributed by atoms with Gasteiger partial charge >= 0.3 is 5.97 Å². The fraction of sp³-hybridized carbons (Fsp3) is 0.793. The number of fused-ring (bicyclic) bond motifs is 4. The molecule has 5 heteroatoms. The zero-order valence-electron chi connectivity index (χ0n) is 21.3. The van der Waals surface area contributed by atoms with E-state index in [0.29, 0.717) is 23.7 Å². The molecule has 186 valence electrons. The van der Waals surface area contributed by atoms with E-state index in [4.69, 9.17) is 9.47 Å². The molecule has 0 bridgehead atoms. The molecular formula is C29H40O5. The number of esters is 1. The third kappa shape index (κ3) is 2.64. The molecule has 1 spiro atoms. The van der Waals surface area contributed by atoms with Gasteiger partial charge in [-0.15, -0.1) is 0 Å². The predicted molar refractivity (Wildman–Crippen MR) is 128 cm³/mol. The number of allylic oxidation sites excluding steroid dienone is 1. The molecule has 6 aliphatic rings. The Hall–Kier alpha value is -1.46. The van der Waals surface area contributed by atoms with Crippen LogP contribution < -0.4 is 0 Å². The number of cyclic esters (lactones) is 1. The standard InChI is InChI=1S/C29H40O5/c1-6-17-15(2)13-22(33-26(17)32)16(3)19-7-8-20-18-14-25-29(34-25)24(31)10-9-23(30)28(29,5)21(18)11-12-27(19,20)4/h9-10,16,18-22,24-25,31H,6-8,11-14H2,1-5H3/t16-,18?,19?,20?,21?,22?,24+,25+,27+,28-,29+/m0/s1. The molecule has 4 fully saturated rings. The molecule has 5 nitrogen and oxygen atoms in total. The highest BCUT2D eigenvalue weighted by molar-refractivity contribution is 5.98. The van der Waals surface area contributed by atoms with Crippen molar-refractivity contribution >= 4 is 11.8 Å². The molecule has 6 rings (SSSR count). The van der Waals surface area contributed by atoms with Crippen molar-refractivity contribution in [1.29, 1.82) is 0 Å². The highest BCUT2D eigenvalue weighted by atomic mass is 16.6. The molecule has 11 atom stereocenters. The maximum Gasteiger partial charge on any atom is 0.334 e. The van der Waals surface area contributed by atoms with E-state index < -0.39 is 17.1 Å². The van der Waals surface area contributed by atoms with Gasteiger partial charge in [-0.2, -0.15) is 0 Å². The molecule has 3 saturated carbocycles. The summed E-state index contributed by atoms with van der Waals surface area (Å²) in [4.78, 5) is 25.9. The second-order valence-corrected chi connectivity index (χ2v) is 12.7. The van der Waals surface area contributed by atoms with Crippen molar-refractivity contribution in [3.05, 3.63) is 23.3 Å². The van der Waals surface area contributed by atoms with Crippen LogP contribution in [0.25, 0.3) is 0 Å². The highest BCUT2D eigenvalue weighted by Crippen LogP contribution is 2.73. The first kappa shape index (κ1) is 23.0. The molecule has 5 unspecified atom stereocenters. The van der Waals surface area contributed by atoms with Gasteiger partial charge < -0.3 is 14.6 Å². The largest absolute Gasteiger partial charge is 0.458 e. The van der Waals surface area contributed by atoms with Crippen LogP contribution in [0.2, 0.25) is 0 Å². The lowest BCUT2D eigenvalue weighted by Crippen LogP contribution is -2.63. The monoisotopic (exact) mass is 468 g/mol. The first-order chi connectivity index (χ1) is 16.1. The average molecular weight is 469 g/mol. The van der Waals surface area contributed by atoms with Crippen molar-refractivity contribution in [1.82, 2.24) is 0 Å². The van der Waals surface area contributed by atoms with Crippen LogP contribution in [0, 0.1) is 40.4 Å². The number of ketones is 1. The number of rotatable bonds is 3. The summed E-state index contributed by atoms with van der Waals surface area (Å²) in [7, 11) is 0. The molecule has 2 aliphatic heterocycles. The fourth-order valence-corrected chi connectivity index (χ4v) is 9.94. The van der Waals surface area contributed by atoms with Gasteiger partial charge in [-0.1, -0.05) is 26.3 Å². The summed E-state index contributed by atoms with van der Waals surface area (Å²) < 4.78 is 12.3. The highest BCUT2D eigenvalue weighted by Gasteiger charge is 2.80. The fourth-order valence-electron chi connectivity index (χ4n) is 9.94. The van der Waals surface area contributed by atoms with E-state index in [0.717, 1.165) is 44.1 Å². The van der Waals surface area contributed by atoms with Gasteiger partial charge in [0.25, 0.3) is 0 Å². The Bertz CT molecular complexity index is 996. The average Bonchev–Trinajstić information content (AvgIpc) is 3.43. The molecule has 1 N–H and O–H groups in total. The molecule has 0 radical (unpaired) electrons. The van der Waals surface area contributed by atoms with Gasteiger partial charge in [-0.3, -0.25) is 4.79 Å². The Morgan fingerprint density at radius 3 is 2.65 bits per heavy atom. The van der Waals surface area contributed by atoms with Crippen molar-refractivity contribution in [3.63, 3.8) is 0 Å². The van der Waals surface area contributed by atoms with Crippen molar-refractivity contribution in [2.24, 2.45) is 40.4 Å². The minimum Gasteiger partial charge on any atom is -0.458 e. The van der Waals surface area contributed by atoms with Crippen LogP contribution in [-0.2, 0) is 19.1 Å². The number of ether oxygens (including phenoxy) is 2. The second-order valence-electron chi connectivity index (χ2n) is 12.7. The van der Waals surface area contributed by atoms with Crippen molar-refractivity contribution < 1.29 is 24.2 Å². The van der Waals surface area contributed by atoms with E-state index >= 15 is 0 Å². The number of carbonyl (C=O) groups excluding carboxylic acids is 2. The zero-order chi connectivity index (χ0) is 24.2. The normalized spacial score (nSPS) is 52.4. The van der Waals surface area contributed by atoms with Crippen molar-refractivity contribution in [2.45, 2.75) is 103 Å². The Morgan fingerprint density at radius 1 is 1.18 bits per heavy atom. The van der Waals surface area contributed by atoms with Gasteiger partial charge in [0.15, 0.2) is 5.78 Å². The minimum absolute atomic E-state index is 0.0129. The Kier molecular flexibility index (Phi) is 4.92. The summed E-state index contributed by atoms with van der Waals surface area (Å²) in [5.74, 6) is 2.12. The Morgan fingerprint density at radius 2 is 1.94 bits per heavy atom. The number of aliphatic hydroxyl groups is 1. The third-order valence-corrected chi connectivity index (χ3v) is 11.8. The van der Waals surface area contributed by atoms with E-state index in [-0.39, 0.29) is 35.3 Å². The molecule has 4 aliphatic carbocycles. The molecule has 0 aromatic heterocycles. The van der Waals surface area contributed by atoms with Gasteiger partial charge in [-0.25, -0.2) is 4.79 Å². The van der Waals surface area contributed by atoms with Gasteiger partial charge in [0.2, 0.25) is 0 Å². The Labute approximate surface area is 203 Å². The number of hydrogen-bond acceptors (Lipinski definition) is 5. The first-order valence-corrected chi connectivity index (χ1v) is 13.6. The van der Waals surface area contributed by atoms with Crippen LogP contribution in [0.4, 0.5) is 0 Å². The van der Waals surface area contributed by atoms with E-state index in [1.165, 1.54) is 12.0 Å². The van der Waals surface area contributed by atoms with Gasteiger partial charge in [0, 0.05) is 12.0 Å². The molecule has 34 heavy (non-hydrogen) atoms. The summed E-state index contributed by atoms with van der Waals surface area (Å²) in [6.45, 7) is 11.0. The number of epoxide rings is 1. The molecule has 1 saturated heterocycles. The van der Waals surface area contributed by atoms with Crippen LogP contribution in [-0.4, -0.2) is 40.8 Å². The van der Waals surface area contributed by atoms with E-state index in [1.807, 2.05) is 6.92 Å². The lowest BCUT2D eigenvalue weighted by atomic mass is 9.44. The van der Waals surface area contributed by atoms with Crippen LogP contribution in [0.5, 0.6) is 0 Å². The quantitative estimate of drug-likeness (QED) is 0.477. The van der Waals surface area contributed by atoms with E-state index in [2.05, 4.69) is 27.7 Å². The lowest BCUT2D eigenvalue weighted by Gasteiger charge is -2.58. The van der Waals surface area contributed by atoms with Crippen molar-refractivity contribution in [3.8, 4) is 0 Å². The SMILES string of the molecule is CCC1=C(C)CC([C@@H](C)C2CCC3C4C[C@H]5O[C@]56[C@H](O)C=CC(=O)[C@]6(C)C4CC[C@@]32C)OC1=O. The lowest BCUT2D eigenvalue weighted by molar-refractivity contribution is -0.155. The summed E-state index contributed by atoms with van der Waals surface area (Å²) in [5.41, 5.74) is 0.917. The summed E-state index contributed by atoms with van der Waals surface area (Å²) in [6.07, 6.45) is 9.51. The minimum atomic E-state index is -0.698. The number of carbonyl (C=O) groups is 2. The topological polar surface area (TPSA) is 76.1 Å². The van der Waals surface area contributed by atoms with Crippen LogP contribution in [0.1, 0.15) is 79.6 Å². The van der Waals surface area contributed by atoms with Gasteiger partial charge in [-0.05, 0) is 99.5 Å². The Balaban J connectivity index is 1.27. The molecule has 2 heterocycles. The van der Waals surface area contributed by atoms with Crippen LogP contribution in [0.15, 0.2) is 23.3 Å². The van der Waals surface area contributed by atoms with E-state index in [1.54, 1.807) is 12.2 Å². The molecular weight excluding hydrogens is 428 g/mol. The molecule has 0 aromatic rings. The first-order valence-electron chi connectivity index (χ1n) is 13.6. The van der Waals surface area contributed by atoms with Crippen LogP contribution in [0.3, 0.4) is 0 Å². The summed E-state index contributed by atoms with van der Waals surface area (Å²) in [6, 6.07) is 0.